The first kappa shape index (κ1) is 16.4. The number of rotatable bonds is 3. The number of nitrogens with one attached hydrogen (secondary N) is 3. The zero-order chi connectivity index (χ0) is 14.7. The maximum absolute atomic E-state index is 12.2. The molecule has 2 heterocycles. The Morgan fingerprint density at radius 1 is 1.36 bits per heavy atom. The third kappa shape index (κ3) is 3.62. The van der Waals surface area contributed by atoms with Gasteiger partial charge in [-0.25, -0.2) is 4.98 Å². The molecule has 0 saturated carbocycles. The number of carbonyl (C=O) groups is 1. The van der Waals surface area contributed by atoms with Crippen LogP contribution >= 0.6 is 12.4 Å². The maximum atomic E-state index is 12.2. The molecule has 0 unspecified atom stereocenters. The number of aromatic nitrogens is 3. The molecule has 7 nitrogen and oxygen atoms in total. The largest absolute Gasteiger partial charge is 0.375 e. The number of nitrogens with zero attached hydrogens (tertiary/aromatic N) is 2. The molecule has 1 aromatic heterocycles. The van der Waals surface area contributed by atoms with Gasteiger partial charge in [-0.2, -0.15) is 5.10 Å². The third-order valence-corrected chi connectivity index (χ3v) is 3.44. The highest BCUT2D eigenvalue weighted by Crippen LogP contribution is 2.17. The van der Waals surface area contributed by atoms with E-state index in [-0.39, 0.29) is 30.5 Å². The highest BCUT2D eigenvalue weighted by atomic mass is 35.5. The fourth-order valence-corrected chi connectivity index (χ4v) is 2.30. The summed E-state index contributed by atoms with van der Waals surface area (Å²) >= 11 is 0. The number of carbonyl (C=O) groups excluding carboxylic acids is 1. The molecule has 8 heteroatoms. The van der Waals surface area contributed by atoms with Gasteiger partial charge in [0.05, 0.1) is 12.7 Å². The molecule has 1 aliphatic rings. The summed E-state index contributed by atoms with van der Waals surface area (Å²) in [4.78, 5) is 16.3. The molecule has 1 fully saturated rings. The lowest BCUT2D eigenvalue weighted by molar-refractivity contribution is -0.123. The summed E-state index contributed by atoms with van der Waals surface area (Å²) in [6.07, 6.45) is 1.33. The zero-order valence-corrected chi connectivity index (χ0v) is 12.9. The number of aromatic amines is 1. The smallest absolute Gasteiger partial charge is 0.244 e. The second kappa shape index (κ2) is 7.35. The Balaban J connectivity index is 0.00000176. The van der Waals surface area contributed by atoms with Gasteiger partial charge in [-0.3, -0.25) is 9.89 Å². The van der Waals surface area contributed by atoms with Crippen LogP contribution in [0.4, 0.5) is 5.69 Å². The molecule has 0 spiro atoms. The predicted octanol–water partition coefficient (Wildman–Crippen LogP) is 1.21. The van der Waals surface area contributed by atoms with E-state index in [4.69, 9.17) is 4.74 Å². The Morgan fingerprint density at radius 3 is 2.77 bits per heavy atom. The van der Waals surface area contributed by atoms with E-state index in [1.807, 2.05) is 31.2 Å². The fourth-order valence-electron chi connectivity index (χ4n) is 2.30. The number of amides is 1. The van der Waals surface area contributed by atoms with Crippen LogP contribution in [0.2, 0.25) is 0 Å². The molecule has 1 amide bonds. The Labute approximate surface area is 134 Å². The predicted molar refractivity (Wildman–Crippen MR) is 84.9 cm³/mol. The molecule has 0 radical (unpaired) electrons. The van der Waals surface area contributed by atoms with Gasteiger partial charge in [0.25, 0.3) is 0 Å². The van der Waals surface area contributed by atoms with Gasteiger partial charge in [0.15, 0.2) is 5.82 Å². The van der Waals surface area contributed by atoms with Crippen LogP contribution in [0, 0.1) is 0 Å². The lowest BCUT2D eigenvalue weighted by Crippen LogP contribution is -2.53. The van der Waals surface area contributed by atoms with Crippen LogP contribution in [0.5, 0.6) is 0 Å². The average Bonchev–Trinajstić information content (AvgIpc) is 3.02. The first-order chi connectivity index (χ1) is 10.2. The number of hydrogen-bond donors (Lipinski definition) is 3. The van der Waals surface area contributed by atoms with Gasteiger partial charge in [0.1, 0.15) is 12.4 Å². The van der Waals surface area contributed by atoms with Gasteiger partial charge in [-0.15, -0.1) is 12.4 Å². The van der Waals surface area contributed by atoms with E-state index in [0.29, 0.717) is 19.0 Å². The minimum atomic E-state index is -0.326. The molecule has 1 saturated heterocycles. The van der Waals surface area contributed by atoms with E-state index in [0.717, 1.165) is 11.3 Å². The van der Waals surface area contributed by atoms with Crippen molar-refractivity contribution >= 4 is 24.0 Å². The number of hydrogen-bond acceptors (Lipinski definition) is 5. The molecule has 1 aliphatic heterocycles. The number of benzene rings is 1. The van der Waals surface area contributed by atoms with Crippen LogP contribution in [0.1, 0.15) is 6.92 Å². The highest BCUT2D eigenvalue weighted by Gasteiger charge is 2.28. The number of ether oxygens (including phenoxy) is 1. The summed E-state index contributed by atoms with van der Waals surface area (Å²) in [5.41, 5.74) is 1.65. The van der Waals surface area contributed by atoms with E-state index in [1.54, 1.807) is 0 Å². The van der Waals surface area contributed by atoms with Crippen molar-refractivity contribution in [3.05, 3.63) is 30.6 Å². The van der Waals surface area contributed by atoms with Crippen LogP contribution in [0.25, 0.3) is 11.4 Å². The van der Waals surface area contributed by atoms with Gasteiger partial charge >= 0.3 is 0 Å². The first-order valence-electron chi connectivity index (χ1n) is 6.86. The van der Waals surface area contributed by atoms with Crippen LogP contribution in [-0.2, 0) is 9.53 Å². The summed E-state index contributed by atoms with van der Waals surface area (Å²) in [5.74, 6) is 0.610. The van der Waals surface area contributed by atoms with Crippen molar-refractivity contribution in [2.75, 3.05) is 18.5 Å². The molecular formula is C14H18ClN5O2. The summed E-state index contributed by atoms with van der Waals surface area (Å²) < 4.78 is 5.47. The number of halogens is 1. The van der Waals surface area contributed by atoms with E-state index < -0.39 is 0 Å². The maximum Gasteiger partial charge on any atom is 0.244 e. The lowest BCUT2D eigenvalue weighted by Gasteiger charge is -2.29. The van der Waals surface area contributed by atoms with Gasteiger partial charge in [-0.05, 0) is 31.2 Å². The van der Waals surface area contributed by atoms with Crippen molar-refractivity contribution in [3.63, 3.8) is 0 Å². The van der Waals surface area contributed by atoms with E-state index in [1.165, 1.54) is 6.33 Å². The minimum absolute atomic E-state index is 0. The number of anilines is 1. The molecule has 118 valence electrons. The summed E-state index contributed by atoms with van der Waals surface area (Å²) in [6, 6.07) is 7.11. The van der Waals surface area contributed by atoms with Gasteiger partial charge in [0, 0.05) is 17.8 Å². The molecule has 22 heavy (non-hydrogen) atoms. The van der Waals surface area contributed by atoms with E-state index >= 15 is 0 Å². The van der Waals surface area contributed by atoms with Gasteiger partial charge < -0.3 is 15.4 Å². The topological polar surface area (TPSA) is 91.9 Å². The Kier molecular flexibility index (Phi) is 5.48. The van der Waals surface area contributed by atoms with Crippen molar-refractivity contribution < 1.29 is 9.53 Å². The third-order valence-electron chi connectivity index (χ3n) is 3.44. The van der Waals surface area contributed by atoms with Crippen molar-refractivity contribution in [2.45, 2.75) is 19.1 Å². The van der Waals surface area contributed by atoms with Crippen molar-refractivity contribution in [2.24, 2.45) is 0 Å². The average molecular weight is 324 g/mol. The molecule has 3 rings (SSSR count). The Hall–Kier alpha value is -1.96. The number of H-pyrrole nitrogens is 1. The standard InChI is InChI=1S/C14H17N5O2.ClH/c1-9-12(15-6-7-21-9)14(20)18-11-4-2-10(3-5-11)13-16-8-17-19-13;/h2-5,8-9,12,15H,6-7H2,1H3,(H,18,20)(H,16,17,19);1H/t9-,12+;/m1./s1. The zero-order valence-electron chi connectivity index (χ0n) is 12.1. The molecule has 0 bridgehead atoms. The van der Waals surface area contributed by atoms with Crippen LogP contribution < -0.4 is 10.6 Å². The first-order valence-corrected chi connectivity index (χ1v) is 6.86. The van der Waals surface area contributed by atoms with E-state index in [2.05, 4.69) is 25.8 Å². The van der Waals surface area contributed by atoms with Gasteiger partial charge in [-0.1, -0.05) is 0 Å². The fraction of sp³-hybridized carbons (Fsp3) is 0.357. The van der Waals surface area contributed by atoms with Crippen molar-refractivity contribution in [3.8, 4) is 11.4 Å². The molecule has 1 aromatic carbocycles. The van der Waals surface area contributed by atoms with Crippen LogP contribution in [-0.4, -0.2) is 46.4 Å². The molecule has 2 aromatic rings. The summed E-state index contributed by atoms with van der Waals surface area (Å²) in [7, 11) is 0. The SMILES string of the molecule is C[C@H]1OCCN[C@@H]1C(=O)Nc1ccc(-c2ncn[nH]2)cc1.Cl. The lowest BCUT2D eigenvalue weighted by atomic mass is 10.1. The monoisotopic (exact) mass is 323 g/mol. The number of morpholine rings is 1. The quantitative estimate of drug-likeness (QED) is 0.789. The second-order valence-electron chi connectivity index (χ2n) is 4.91. The molecule has 2 atom stereocenters. The van der Waals surface area contributed by atoms with Crippen molar-refractivity contribution in [1.82, 2.24) is 20.5 Å². The second-order valence-corrected chi connectivity index (χ2v) is 4.91. The molecule has 3 N–H and O–H groups in total. The molecular weight excluding hydrogens is 306 g/mol. The van der Waals surface area contributed by atoms with Crippen LogP contribution in [0.3, 0.4) is 0 Å². The minimum Gasteiger partial charge on any atom is -0.375 e. The summed E-state index contributed by atoms with van der Waals surface area (Å²) in [5, 5.41) is 12.7. The normalized spacial score (nSPS) is 21.0. The summed E-state index contributed by atoms with van der Waals surface area (Å²) in [6.45, 7) is 3.22. The van der Waals surface area contributed by atoms with Crippen LogP contribution in [0.15, 0.2) is 30.6 Å². The molecule has 0 aliphatic carbocycles. The Morgan fingerprint density at radius 2 is 2.14 bits per heavy atom. The van der Waals surface area contributed by atoms with Crippen molar-refractivity contribution in [1.29, 1.82) is 0 Å². The van der Waals surface area contributed by atoms with E-state index in [9.17, 15) is 4.79 Å². The van der Waals surface area contributed by atoms with Gasteiger partial charge in [0.2, 0.25) is 5.91 Å². The Bertz CT molecular complexity index is 602. The highest BCUT2D eigenvalue weighted by molar-refractivity contribution is 5.95.